The van der Waals surface area contributed by atoms with Crippen LogP contribution in [-0.2, 0) is 16.0 Å². The third-order valence-electron chi connectivity index (χ3n) is 4.62. The van der Waals surface area contributed by atoms with Crippen molar-refractivity contribution in [1.29, 1.82) is 0 Å². The van der Waals surface area contributed by atoms with Crippen LogP contribution < -0.4 is 10.6 Å². The third-order valence-corrected chi connectivity index (χ3v) is 5.83. The normalized spacial score (nSPS) is 14.4. The Balaban J connectivity index is 1.31. The van der Waals surface area contributed by atoms with Crippen LogP contribution in [0.2, 0.25) is 5.02 Å². The van der Waals surface area contributed by atoms with E-state index in [1.54, 1.807) is 24.3 Å². The first-order valence-electron chi connectivity index (χ1n) is 10.1. The lowest BCUT2D eigenvalue weighted by Crippen LogP contribution is -2.38. The van der Waals surface area contributed by atoms with Crippen molar-refractivity contribution in [3.8, 4) is 0 Å². The average molecular weight is 452 g/mol. The lowest BCUT2D eigenvalue weighted by molar-refractivity contribution is -0.121. The molecule has 1 aromatic carbocycles. The molecule has 30 heavy (non-hydrogen) atoms. The van der Waals surface area contributed by atoms with E-state index in [1.165, 1.54) is 11.3 Å². The highest BCUT2D eigenvalue weighted by atomic mass is 35.5. The number of halogens is 1. The minimum Gasteiger partial charge on any atom is -0.379 e. The molecule has 0 bridgehead atoms. The number of aromatic nitrogens is 2. The van der Waals surface area contributed by atoms with Gasteiger partial charge in [-0.1, -0.05) is 29.0 Å². The molecule has 10 heteroatoms. The number of carbonyl (C=O) groups is 2. The Morgan fingerprint density at radius 3 is 2.83 bits per heavy atom. The number of amides is 2. The fourth-order valence-electron chi connectivity index (χ4n) is 3.04. The molecule has 2 N–H and O–H groups in total. The van der Waals surface area contributed by atoms with Gasteiger partial charge in [-0.05, 0) is 37.6 Å². The van der Waals surface area contributed by atoms with Gasteiger partial charge in [0.15, 0.2) is 0 Å². The van der Waals surface area contributed by atoms with Crippen LogP contribution in [0.5, 0.6) is 0 Å². The van der Waals surface area contributed by atoms with E-state index in [-0.39, 0.29) is 16.8 Å². The third kappa shape index (κ3) is 7.64. The van der Waals surface area contributed by atoms with Crippen LogP contribution >= 0.6 is 22.9 Å². The molecule has 162 valence electrons. The number of nitrogens with one attached hydrogen (secondary N) is 2. The van der Waals surface area contributed by atoms with E-state index in [9.17, 15) is 9.59 Å². The lowest BCUT2D eigenvalue weighted by Gasteiger charge is -2.26. The molecule has 0 saturated carbocycles. The molecule has 1 aromatic heterocycles. The number of hydrogen-bond acceptors (Lipinski definition) is 7. The summed E-state index contributed by atoms with van der Waals surface area (Å²) >= 11 is 7.16. The number of anilines is 1. The molecule has 0 radical (unpaired) electrons. The van der Waals surface area contributed by atoms with Crippen molar-refractivity contribution in [3.63, 3.8) is 0 Å². The summed E-state index contributed by atoms with van der Waals surface area (Å²) < 4.78 is 5.32. The molecule has 0 unspecified atom stereocenters. The highest BCUT2D eigenvalue weighted by Gasteiger charge is 2.14. The van der Waals surface area contributed by atoms with Crippen LogP contribution in [-0.4, -0.2) is 66.3 Å². The number of rotatable bonds is 10. The maximum Gasteiger partial charge on any atom is 0.286 e. The monoisotopic (exact) mass is 451 g/mol. The van der Waals surface area contributed by atoms with Gasteiger partial charge in [0.25, 0.3) is 5.91 Å². The van der Waals surface area contributed by atoms with E-state index >= 15 is 0 Å². The summed E-state index contributed by atoms with van der Waals surface area (Å²) in [6.45, 7) is 5.19. The minimum absolute atomic E-state index is 0.0421. The molecule has 1 saturated heterocycles. The van der Waals surface area contributed by atoms with Crippen molar-refractivity contribution >= 4 is 40.4 Å². The van der Waals surface area contributed by atoms with Crippen LogP contribution in [0.3, 0.4) is 0 Å². The first kappa shape index (κ1) is 22.6. The minimum atomic E-state index is -0.320. The van der Waals surface area contributed by atoms with Gasteiger partial charge in [0.1, 0.15) is 5.01 Å². The molecule has 2 heterocycles. The Labute approximate surface area is 185 Å². The summed E-state index contributed by atoms with van der Waals surface area (Å²) in [6.07, 6.45) is 2.65. The number of carbonyl (C=O) groups excluding carboxylic acids is 2. The van der Waals surface area contributed by atoms with Crippen molar-refractivity contribution in [3.05, 3.63) is 39.3 Å². The van der Waals surface area contributed by atoms with Crippen molar-refractivity contribution in [2.75, 3.05) is 44.7 Å². The number of benzene rings is 1. The number of hydrogen-bond donors (Lipinski definition) is 2. The smallest absolute Gasteiger partial charge is 0.286 e. The number of nitrogens with zero attached hydrogens (tertiary/aromatic N) is 3. The second-order valence-electron chi connectivity index (χ2n) is 6.98. The van der Waals surface area contributed by atoms with E-state index in [0.29, 0.717) is 36.5 Å². The van der Waals surface area contributed by atoms with Gasteiger partial charge >= 0.3 is 0 Å². The Bertz CT molecular complexity index is 841. The Morgan fingerprint density at radius 2 is 2.03 bits per heavy atom. The van der Waals surface area contributed by atoms with Crippen molar-refractivity contribution in [1.82, 2.24) is 20.4 Å². The van der Waals surface area contributed by atoms with Crippen molar-refractivity contribution in [2.24, 2.45) is 0 Å². The summed E-state index contributed by atoms with van der Waals surface area (Å²) in [7, 11) is 0. The lowest BCUT2D eigenvalue weighted by atomic mass is 10.2. The molecular weight excluding hydrogens is 426 g/mol. The summed E-state index contributed by atoms with van der Waals surface area (Å²) in [5, 5.41) is 15.3. The van der Waals surface area contributed by atoms with Crippen molar-refractivity contribution < 1.29 is 14.3 Å². The largest absolute Gasteiger partial charge is 0.379 e. The van der Waals surface area contributed by atoms with E-state index in [1.807, 2.05) is 0 Å². The first-order valence-corrected chi connectivity index (χ1v) is 11.3. The van der Waals surface area contributed by atoms with Gasteiger partial charge < -0.3 is 15.4 Å². The molecule has 1 aliphatic rings. The van der Waals surface area contributed by atoms with E-state index in [4.69, 9.17) is 16.3 Å². The molecule has 3 rings (SSSR count). The number of morpholine rings is 1. The van der Waals surface area contributed by atoms with Crippen molar-refractivity contribution in [2.45, 2.75) is 25.7 Å². The molecule has 0 atom stereocenters. The van der Waals surface area contributed by atoms with E-state index in [0.717, 1.165) is 44.3 Å². The molecule has 0 aliphatic carbocycles. The highest BCUT2D eigenvalue weighted by molar-refractivity contribution is 7.13. The zero-order chi connectivity index (χ0) is 21.2. The standard InChI is InChI=1S/C20H26ClN5O3S/c21-15-4-1-5-16(14-15)23-19(28)20-25-24-18(30-20)7-2-6-17(27)22-8-3-9-26-10-12-29-13-11-26/h1,4-5,14H,2-3,6-13H2,(H,22,27)(H,23,28). The molecule has 1 aliphatic heterocycles. The second-order valence-corrected chi connectivity index (χ2v) is 8.48. The highest BCUT2D eigenvalue weighted by Crippen LogP contribution is 2.18. The topological polar surface area (TPSA) is 96.5 Å². The molecule has 1 fully saturated rings. The van der Waals surface area contributed by atoms with Gasteiger partial charge in [-0.25, -0.2) is 0 Å². The van der Waals surface area contributed by atoms with Crippen LogP contribution in [0.1, 0.15) is 34.1 Å². The molecule has 0 spiro atoms. The average Bonchev–Trinajstić information content (AvgIpc) is 3.21. The fourth-order valence-corrected chi connectivity index (χ4v) is 4.01. The molecule has 8 nitrogen and oxygen atoms in total. The Morgan fingerprint density at radius 1 is 1.20 bits per heavy atom. The number of ether oxygens (including phenoxy) is 1. The summed E-state index contributed by atoms with van der Waals surface area (Å²) in [5.74, 6) is -0.278. The van der Waals surface area contributed by atoms with E-state index in [2.05, 4.69) is 25.7 Å². The van der Waals surface area contributed by atoms with Gasteiger partial charge in [-0.15, -0.1) is 10.2 Å². The van der Waals surface area contributed by atoms with Gasteiger partial charge in [0.05, 0.1) is 13.2 Å². The first-order chi connectivity index (χ1) is 14.6. The summed E-state index contributed by atoms with van der Waals surface area (Å²) in [6, 6.07) is 6.92. The van der Waals surface area contributed by atoms with Crippen LogP contribution in [0.4, 0.5) is 5.69 Å². The van der Waals surface area contributed by atoms with Crippen LogP contribution in [0, 0.1) is 0 Å². The molecule has 2 amide bonds. The van der Waals surface area contributed by atoms with Crippen LogP contribution in [0.25, 0.3) is 0 Å². The SMILES string of the molecule is O=C(CCCc1nnc(C(=O)Nc2cccc(Cl)c2)s1)NCCCN1CCOCC1. The summed E-state index contributed by atoms with van der Waals surface area (Å²) in [5.41, 5.74) is 0.606. The van der Waals surface area contributed by atoms with E-state index < -0.39 is 0 Å². The fraction of sp³-hybridized carbons (Fsp3) is 0.500. The summed E-state index contributed by atoms with van der Waals surface area (Å²) in [4.78, 5) is 26.6. The predicted octanol–water partition coefficient (Wildman–Crippen LogP) is 2.61. The quantitative estimate of drug-likeness (QED) is 0.539. The maximum atomic E-state index is 12.3. The second kappa shape index (κ2) is 11.9. The Hall–Kier alpha value is -2.07. The van der Waals surface area contributed by atoms with Crippen LogP contribution in [0.15, 0.2) is 24.3 Å². The van der Waals surface area contributed by atoms with Gasteiger partial charge in [0, 0.05) is 43.2 Å². The zero-order valence-corrected chi connectivity index (χ0v) is 18.3. The zero-order valence-electron chi connectivity index (χ0n) is 16.7. The molecular formula is C20H26ClN5O3S. The van der Waals surface area contributed by atoms with Gasteiger partial charge in [-0.3, -0.25) is 14.5 Å². The predicted molar refractivity (Wildman–Crippen MR) is 117 cm³/mol. The number of aryl methyl sites for hydroxylation is 1. The van der Waals surface area contributed by atoms with Gasteiger partial charge in [-0.2, -0.15) is 0 Å². The molecule has 2 aromatic rings. The van der Waals surface area contributed by atoms with Gasteiger partial charge in [0.2, 0.25) is 10.9 Å². The maximum absolute atomic E-state index is 12.3. The Kier molecular flexibility index (Phi) is 9.00.